The maximum Gasteiger partial charge on any atom is 0.261 e. The summed E-state index contributed by atoms with van der Waals surface area (Å²) in [5, 5.41) is 3.82. The highest BCUT2D eigenvalue weighted by Gasteiger charge is 2.31. The van der Waals surface area contributed by atoms with E-state index in [9.17, 15) is 13.2 Å². The van der Waals surface area contributed by atoms with Gasteiger partial charge in [-0.1, -0.05) is 35.3 Å². The molecule has 3 rings (SSSR count). The number of hydrogen-bond acceptors (Lipinski definition) is 4. The van der Waals surface area contributed by atoms with Crippen LogP contribution in [-0.2, 0) is 21.4 Å². The van der Waals surface area contributed by atoms with Gasteiger partial charge in [-0.25, -0.2) is 8.42 Å². The first kappa shape index (κ1) is 19.8. The molecule has 1 heterocycles. The number of fused-ring (bicyclic) bond motifs is 1. The quantitative estimate of drug-likeness (QED) is 0.810. The van der Waals surface area contributed by atoms with Gasteiger partial charge in [0, 0.05) is 29.6 Å². The van der Waals surface area contributed by atoms with Crippen molar-refractivity contribution < 1.29 is 17.9 Å². The Balaban J connectivity index is 1.77. The van der Waals surface area contributed by atoms with Crippen LogP contribution in [0.3, 0.4) is 0 Å². The Labute approximate surface area is 168 Å². The summed E-state index contributed by atoms with van der Waals surface area (Å²) >= 11 is 11.9. The lowest BCUT2D eigenvalue weighted by atomic mass is 10.2. The Morgan fingerprint density at radius 2 is 1.85 bits per heavy atom. The van der Waals surface area contributed by atoms with Crippen LogP contribution in [0.4, 0.5) is 5.69 Å². The molecular weight excluding hydrogens is 411 g/mol. The van der Waals surface area contributed by atoms with Crippen LogP contribution in [0.5, 0.6) is 5.75 Å². The van der Waals surface area contributed by atoms with E-state index in [1.807, 2.05) is 12.1 Å². The Morgan fingerprint density at radius 3 is 2.52 bits per heavy atom. The van der Waals surface area contributed by atoms with Crippen LogP contribution in [0, 0.1) is 0 Å². The van der Waals surface area contributed by atoms with E-state index in [-0.39, 0.29) is 18.9 Å². The third kappa shape index (κ3) is 4.86. The lowest BCUT2D eigenvalue weighted by Crippen LogP contribution is -2.39. The Bertz CT molecular complexity index is 948. The largest absolute Gasteiger partial charge is 0.478 e. The molecule has 2 aromatic carbocycles. The summed E-state index contributed by atoms with van der Waals surface area (Å²) in [5.74, 6) is -0.0184. The van der Waals surface area contributed by atoms with E-state index >= 15 is 0 Å². The van der Waals surface area contributed by atoms with E-state index in [0.717, 1.165) is 11.8 Å². The average molecular weight is 429 g/mol. The number of sulfonamides is 1. The van der Waals surface area contributed by atoms with Crippen molar-refractivity contribution in [2.24, 2.45) is 0 Å². The van der Waals surface area contributed by atoms with Crippen LogP contribution in [0.1, 0.15) is 12.0 Å². The third-order valence-electron chi connectivity index (χ3n) is 4.13. The molecule has 0 saturated carbocycles. The maximum absolute atomic E-state index is 12.6. The minimum atomic E-state index is -3.54. The van der Waals surface area contributed by atoms with E-state index < -0.39 is 16.1 Å². The molecule has 0 unspecified atom stereocenters. The SMILES string of the molecule is CS(=O)(=O)N1CC[C@@H](C(=O)NCc2ccc(Cl)cc2)Oc2ccc(Cl)cc21. The van der Waals surface area contributed by atoms with Crippen LogP contribution in [0.25, 0.3) is 0 Å². The molecule has 0 aliphatic carbocycles. The minimum absolute atomic E-state index is 0.116. The van der Waals surface area contributed by atoms with E-state index in [1.165, 1.54) is 10.4 Å². The van der Waals surface area contributed by atoms with Crippen molar-refractivity contribution in [3.05, 3.63) is 58.1 Å². The summed E-state index contributed by atoms with van der Waals surface area (Å²) in [6, 6.07) is 11.8. The fraction of sp³-hybridized carbons (Fsp3) is 0.278. The number of rotatable bonds is 4. The second-order valence-corrected chi connectivity index (χ2v) is 8.97. The molecule has 2 aromatic rings. The van der Waals surface area contributed by atoms with Crippen molar-refractivity contribution in [2.75, 3.05) is 17.1 Å². The summed E-state index contributed by atoms with van der Waals surface area (Å²) in [6.07, 6.45) is 0.508. The zero-order valence-electron chi connectivity index (χ0n) is 14.5. The molecule has 144 valence electrons. The van der Waals surface area contributed by atoms with Gasteiger partial charge in [0.15, 0.2) is 6.10 Å². The van der Waals surface area contributed by atoms with Crippen LogP contribution in [0.15, 0.2) is 42.5 Å². The number of carbonyl (C=O) groups excluding carboxylic acids is 1. The number of carbonyl (C=O) groups is 1. The average Bonchev–Trinajstić information content (AvgIpc) is 2.80. The lowest BCUT2D eigenvalue weighted by Gasteiger charge is -2.21. The van der Waals surface area contributed by atoms with Gasteiger partial charge in [-0.05, 0) is 35.9 Å². The van der Waals surface area contributed by atoms with Gasteiger partial charge in [0.05, 0.1) is 11.9 Å². The number of halogens is 2. The van der Waals surface area contributed by atoms with E-state index in [0.29, 0.717) is 28.0 Å². The first-order valence-electron chi connectivity index (χ1n) is 8.20. The van der Waals surface area contributed by atoms with Crippen LogP contribution >= 0.6 is 23.2 Å². The van der Waals surface area contributed by atoms with Gasteiger partial charge < -0.3 is 10.1 Å². The summed E-state index contributed by atoms with van der Waals surface area (Å²) in [7, 11) is -3.54. The summed E-state index contributed by atoms with van der Waals surface area (Å²) < 4.78 is 31.3. The summed E-state index contributed by atoms with van der Waals surface area (Å²) in [5.41, 5.74) is 1.23. The molecule has 0 bridgehead atoms. The van der Waals surface area contributed by atoms with Gasteiger partial charge in [-0.3, -0.25) is 9.10 Å². The highest BCUT2D eigenvalue weighted by atomic mass is 35.5. The molecular formula is C18H18Cl2N2O4S. The van der Waals surface area contributed by atoms with Gasteiger partial charge >= 0.3 is 0 Å². The maximum atomic E-state index is 12.6. The second kappa shape index (κ2) is 7.96. The highest BCUT2D eigenvalue weighted by Crippen LogP contribution is 2.36. The highest BCUT2D eigenvalue weighted by molar-refractivity contribution is 7.92. The van der Waals surface area contributed by atoms with Crippen molar-refractivity contribution in [1.29, 1.82) is 0 Å². The molecule has 9 heteroatoms. The normalized spacial score (nSPS) is 16.9. The van der Waals surface area contributed by atoms with E-state index in [2.05, 4.69) is 5.32 Å². The number of ether oxygens (including phenoxy) is 1. The molecule has 1 atom stereocenters. The number of amides is 1. The molecule has 0 aromatic heterocycles. The van der Waals surface area contributed by atoms with Gasteiger partial charge in [0.2, 0.25) is 10.0 Å². The fourth-order valence-electron chi connectivity index (χ4n) is 2.79. The molecule has 1 N–H and O–H groups in total. The standard InChI is InChI=1S/C18H18Cl2N2O4S/c1-27(24,25)22-9-8-17(26-16-7-6-14(20)10-15(16)22)18(23)21-11-12-2-4-13(19)5-3-12/h2-7,10,17H,8-9,11H2,1H3,(H,21,23)/t17-/m0/s1. The first-order chi connectivity index (χ1) is 12.7. The molecule has 0 radical (unpaired) electrons. The monoisotopic (exact) mass is 428 g/mol. The van der Waals surface area contributed by atoms with Gasteiger partial charge in [-0.15, -0.1) is 0 Å². The van der Waals surface area contributed by atoms with Crippen molar-refractivity contribution in [2.45, 2.75) is 19.1 Å². The van der Waals surface area contributed by atoms with Crippen molar-refractivity contribution in [3.8, 4) is 5.75 Å². The zero-order chi connectivity index (χ0) is 19.6. The third-order valence-corrected chi connectivity index (χ3v) is 5.79. The van der Waals surface area contributed by atoms with Crippen molar-refractivity contribution in [3.63, 3.8) is 0 Å². The molecule has 1 aliphatic rings. The number of nitrogens with one attached hydrogen (secondary N) is 1. The molecule has 0 fully saturated rings. The summed E-state index contributed by atoms with van der Waals surface area (Å²) in [4.78, 5) is 12.6. The minimum Gasteiger partial charge on any atom is -0.478 e. The molecule has 0 spiro atoms. The first-order valence-corrected chi connectivity index (χ1v) is 10.8. The Kier molecular flexibility index (Phi) is 5.83. The van der Waals surface area contributed by atoms with Crippen LogP contribution < -0.4 is 14.4 Å². The second-order valence-electron chi connectivity index (χ2n) is 6.19. The van der Waals surface area contributed by atoms with Crippen LogP contribution in [0.2, 0.25) is 10.0 Å². The Morgan fingerprint density at radius 1 is 1.19 bits per heavy atom. The molecule has 6 nitrogen and oxygen atoms in total. The predicted octanol–water partition coefficient (Wildman–Crippen LogP) is 3.23. The number of benzene rings is 2. The zero-order valence-corrected chi connectivity index (χ0v) is 16.8. The molecule has 27 heavy (non-hydrogen) atoms. The molecule has 0 saturated heterocycles. The fourth-order valence-corrected chi connectivity index (χ4v) is 4.02. The molecule has 1 aliphatic heterocycles. The molecule has 1 amide bonds. The smallest absolute Gasteiger partial charge is 0.261 e. The van der Waals surface area contributed by atoms with E-state index in [1.54, 1.807) is 24.3 Å². The predicted molar refractivity (Wildman–Crippen MR) is 106 cm³/mol. The van der Waals surface area contributed by atoms with Crippen molar-refractivity contribution >= 4 is 44.8 Å². The number of anilines is 1. The van der Waals surface area contributed by atoms with Crippen molar-refractivity contribution in [1.82, 2.24) is 5.32 Å². The number of nitrogens with zero attached hydrogens (tertiary/aromatic N) is 1. The number of hydrogen-bond donors (Lipinski definition) is 1. The Hall–Kier alpha value is -1.96. The topological polar surface area (TPSA) is 75.7 Å². The van der Waals surface area contributed by atoms with Gasteiger partial charge in [0.25, 0.3) is 5.91 Å². The lowest BCUT2D eigenvalue weighted by molar-refractivity contribution is -0.128. The van der Waals surface area contributed by atoms with Gasteiger partial charge in [-0.2, -0.15) is 0 Å². The van der Waals surface area contributed by atoms with Crippen LogP contribution in [-0.4, -0.2) is 33.2 Å². The summed E-state index contributed by atoms with van der Waals surface area (Å²) in [6.45, 7) is 0.435. The van der Waals surface area contributed by atoms with Gasteiger partial charge in [0.1, 0.15) is 5.75 Å². The van der Waals surface area contributed by atoms with E-state index in [4.69, 9.17) is 27.9 Å².